The summed E-state index contributed by atoms with van der Waals surface area (Å²) in [4.78, 5) is 0. The summed E-state index contributed by atoms with van der Waals surface area (Å²) >= 11 is 0. The van der Waals surface area contributed by atoms with Crippen LogP contribution in [0.1, 0.15) is 29.8 Å². The SMILES string of the molecule is CCc1ccc(C2Nc3cccc4cccc(c34)N2)cc1C. The number of rotatable bonds is 2. The first kappa shape index (κ1) is 13.2. The van der Waals surface area contributed by atoms with E-state index in [-0.39, 0.29) is 6.17 Å². The fourth-order valence-corrected chi connectivity index (χ4v) is 3.39. The van der Waals surface area contributed by atoms with Crippen molar-refractivity contribution in [2.75, 3.05) is 10.6 Å². The van der Waals surface area contributed by atoms with E-state index in [0.29, 0.717) is 0 Å². The fraction of sp³-hybridized carbons (Fsp3) is 0.200. The van der Waals surface area contributed by atoms with Crippen molar-refractivity contribution in [3.8, 4) is 0 Å². The molecule has 2 N–H and O–H groups in total. The van der Waals surface area contributed by atoms with Crippen molar-refractivity contribution >= 4 is 22.1 Å². The van der Waals surface area contributed by atoms with Crippen molar-refractivity contribution in [2.45, 2.75) is 26.4 Å². The van der Waals surface area contributed by atoms with Crippen LogP contribution in [0.3, 0.4) is 0 Å². The van der Waals surface area contributed by atoms with Gasteiger partial charge in [-0.25, -0.2) is 0 Å². The molecule has 0 aromatic heterocycles. The van der Waals surface area contributed by atoms with E-state index in [1.165, 1.54) is 38.8 Å². The predicted octanol–water partition coefficient (Wildman–Crippen LogP) is 5.25. The lowest BCUT2D eigenvalue weighted by atomic mass is 9.99. The smallest absolute Gasteiger partial charge is 0.123 e. The van der Waals surface area contributed by atoms with Gasteiger partial charge in [-0.2, -0.15) is 0 Å². The predicted molar refractivity (Wildman–Crippen MR) is 94.5 cm³/mol. The number of anilines is 2. The number of aryl methyl sites for hydroxylation is 2. The molecule has 0 spiro atoms. The topological polar surface area (TPSA) is 24.1 Å². The van der Waals surface area contributed by atoms with E-state index in [1.54, 1.807) is 0 Å². The van der Waals surface area contributed by atoms with Crippen molar-refractivity contribution in [3.05, 3.63) is 71.3 Å². The molecule has 3 aromatic rings. The van der Waals surface area contributed by atoms with E-state index < -0.39 is 0 Å². The molecule has 0 saturated heterocycles. The molecule has 0 fully saturated rings. The van der Waals surface area contributed by atoms with E-state index in [2.05, 4.69) is 79.1 Å². The average Bonchev–Trinajstić information content (AvgIpc) is 2.55. The molecule has 0 bridgehead atoms. The van der Waals surface area contributed by atoms with Gasteiger partial charge in [0.05, 0.1) is 0 Å². The van der Waals surface area contributed by atoms with Crippen LogP contribution in [0.15, 0.2) is 54.6 Å². The highest BCUT2D eigenvalue weighted by molar-refractivity contribution is 6.04. The first-order valence-electron chi connectivity index (χ1n) is 7.90. The maximum atomic E-state index is 3.63. The van der Waals surface area contributed by atoms with E-state index in [1.807, 2.05) is 0 Å². The van der Waals surface area contributed by atoms with Gasteiger partial charge < -0.3 is 10.6 Å². The Bertz CT molecular complexity index is 811. The van der Waals surface area contributed by atoms with Crippen LogP contribution in [0.4, 0.5) is 11.4 Å². The third-order valence-electron chi connectivity index (χ3n) is 4.59. The van der Waals surface area contributed by atoms with Gasteiger partial charge in [0.1, 0.15) is 6.17 Å². The molecule has 4 rings (SSSR count). The minimum atomic E-state index is 0.116. The number of benzene rings is 3. The number of hydrogen-bond acceptors (Lipinski definition) is 2. The molecule has 0 amide bonds. The molecule has 110 valence electrons. The summed E-state index contributed by atoms with van der Waals surface area (Å²) < 4.78 is 0. The van der Waals surface area contributed by atoms with Gasteiger partial charge in [0.2, 0.25) is 0 Å². The van der Waals surface area contributed by atoms with Gasteiger partial charge in [0.25, 0.3) is 0 Å². The highest BCUT2D eigenvalue weighted by Crippen LogP contribution is 2.38. The Balaban J connectivity index is 1.77. The van der Waals surface area contributed by atoms with E-state index >= 15 is 0 Å². The molecular formula is C20H20N2. The van der Waals surface area contributed by atoms with E-state index in [9.17, 15) is 0 Å². The summed E-state index contributed by atoms with van der Waals surface area (Å²) in [6.45, 7) is 4.40. The van der Waals surface area contributed by atoms with Crippen molar-refractivity contribution < 1.29 is 0 Å². The second-order valence-corrected chi connectivity index (χ2v) is 5.97. The third-order valence-corrected chi connectivity index (χ3v) is 4.59. The molecule has 2 heteroatoms. The van der Waals surface area contributed by atoms with Gasteiger partial charge >= 0.3 is 0 Å². The monoisotopic (exact) mass is 288 g/mol. The summed E-state index contributed by atoms with van der Waals surface area (Å²) in [5.74, 6) is 0. The third kappa shape index (κ3) is 2.03. The first-order valence-corrected chi connectivity index (χ1v) is 7.90. The summed E-state index contributed by atoms with van der Waals surface area (Å²) in [6.07, 6.45) is 1.20. The van der Waals surface area contributed by atoms with Crippen molar-refractivity contribution in [1.29, 1.82) is 0 Å². The molecule has 0 unspecified atom stereocenters. The second kappa shape index (κ2) is 5.06. The van der Waals surface area contributed by atoms with Crippen LogP contribution in [0.5, 0.6) is 0 Å². The lowest BCUT2D eigenvalue weighted by molar-refractivity contribution is 0.892. The van der Waals surface area contributed by atoms with E-state index in [0.717, 1.165) is 6.42 Å². The zero-order valence-electron chi connectivity index (χ0n) is 13.0. The van der Waals surface area contributed by atoms with Gasteiger partial charge in [0, 0.05) is 16.8 Å². The van der Waals surface area contributed by atoms with Gasteiger partial charge in [0.15, 0.2) is 0 Å². The minimum Gasteiger partial charge on any atom is -0.361 e. The molecule has 1 aliphatic rings. The summed E-state index contributed by atoms with van der Waals surface area (Å²) in [5, 5.41) is 9.81. The van der Waals surface area contributed by atoms with Gasteiger partial charge in [-0.15, -0.1) is 0 Å². The van der Waals surface area contributed by atoms with E-state index in [4.69, 9.17) is 0 Å². The van der Waals surface area contributed by atoms with Crippen LogP contribution < -0.4 is 10.6 Å². The Morgan fingerprint density at radius 2 is 1.59 bits per heavy atom. The fourth-order valence-electron chi connectivity index (χ4n) is 3.39. The van der Waals surface area contributed by atoms with Crippen LogP contribution >= 0.6 is 0 Å². The lowest BCUT2D eigenvalue weighted by Gasteiger charge is -2.30. The molecule has 0 atom stereocenters. The van der Waals surface area contributed by atoms with Crippen LogP contribution in [0, 0.1) is 6.92 Å². The Kier molecular flexibility index (Phi) is 3.04. The lowest BCUT2D eigenvalue weighted by Crippen LogP contribution is -2.23. The van der Waals surface area contributed by atoms with Crippen molar-refractivity contribution in [1.82, 2.24) is 0 Å². The Morgan fingerprint density at radius 3 is 2.18 bits per heavy atom. The van der Waals surface area contributed by atoms with Gasteiger partial charge in [-0.1, -0.05) is 49.4 Å². The van der Waals surface area contributed by atoms with Crippen LogP contribution in [-0.2, 0) is 6.42 Å². The molecule has 0 saturated carbocycles. The Labute approximate surface area is 131 Å². The second-order valence-electron chi connectivity index (χ2n) is 5.97. The maximum absolute atomic E-state index is 3.63. The largest absolute Gasteiger partial charge is 0.361 e. The Hall–Kier alpha value is -2.48. The highest BCUT2D eigenvalue weighted by Gasteiger charge is 2.20. The van der Waals surface area contributed by atoms with Crippen molar-refractivity contribution in [3.63, 3.8) is 0 Å². The zero-order chi connectivity index (χ0) is 15.1. The van der Waals surface area contributed by atoms with Crippen molar-refractivity contribution in [2.24, 2.45) is 0 Å². The first-order chi connectivity index (χ1) is 10.8. The average molecular weight is 288 g/mol. The summed E-state index contributed by atoms with van der Waals surface area (Å²) in [7, 11) is 0. The minimum absolute atomic E-state index is 0.116. The summed E-state index contributed by atoms with van der Waals surface area (Å²) in [6, 6.07) is 19.6. The van der Waals surface area contributed by atoms with Gasteiger partial charge in [-0.3, -0.25) is 0 Å². The number of hydrogen-bond donors (Lipinski definition) is 2. The molecule has 1 aliphatic heterocycles. The molecule has 3 aromatic carbocycles. The quantitative estimate of drug-likeness (QED) is 0.673. The number of nitrogens with one attached hydrogen (secondary N) is 2. The van der Waals surface area contributed by atoms with Crippen LogP contribution in [-0.4, -0.2) is 0 Å². The summed E-state index contributed by atoms with van der Waals surface area (Å²) in [5.41, 5.74) is 6.46. The zero-order valence-corrected chi connectivity index (χ0v) is 13.0. The van der Waals surface area contributed by atoms with Crippen LogP contribution in [0.2, 0.25) is 0 Å². The molecule has 1 heterocycles. The molecule has 0 radical (unpaired) electrons. The Morgan fingerprint density at radius 1 is 0.909 bits per heavy atom. The van der Waals surface area contributed by atoms with Gasteiger partial charge in [-0.05, 0) is 47.6 Å². The molecule has 2 nitrogen and oxygen atoms in total. The maximum Gasteiger partial charge on any atom is 0.123 e. The molecule has 0 aliphatic carbocycles. The molecular weight excluding hydrogens is 268 g/mol. The molecule has 22 heavy (non-hydrogen) atoms. The normalized spacial score (nSPS) is 13.7. The highest BCUT2D eigenvalue weighted by atomic mass is 15.1. The van der Waals surface area contributed by atoms with Crippen LogP contribution in [0.25, 0.3) is 10.8 Å². The standard InChI is InChI=1S/C20H20N2/c1-3-14-10-11-16(12-13(14)2)20-21-17-8-4-6-15-7-5-9-18(22-20)19(15)17/h4-12,20-22H,3H2,1-2H3.